The number of ether oxygens (including phenoxy) is 1. The molecular weight excluding hydrogens is 350 g/mol. The lowest BCUT2D eigenvalue weighted by Crippen LogP contribution is -2.20. The van der Waals surface area contributed by atoms with Crippen molar-refractivity contribution in [3.63, 3.8) is 0 Å². The van der Waals surface area contributed by atoms with Crippen LogP contribution < -0.4 is 10.1 Å². The molecule has 0 aliphatic heterocycles. The van der Waals surface area contributed by atoms with E-state index in [2.05, 4.69) is 15.2 Å². The fourth-order valence-corrected chi connectivity index (χ4v) is 2.07. The van der Waals surface area contributed by atoms with Crippen molar-refractivity contribution >= 4 is 29.0 Å². The molecule has 1 aromatic heterocycles. The molecular formula is C13H11ClF2N4O4. The Bertz CT molecular complexity index is 781. The molecule has 2 aromatic rings. The largest absolute Gasteiger partial charge is 0.433 e. The summed E-state index contributed by atoms with van der Waals surface area (Å²) in [4.78, 5) is 21.9. The zero-order valence-corrected chi connectivity index (χ0v) is 13.0. The number of aryl methyl sites for hydroxylation is 1. The number of nitrogens with one attached hydrogen (secondary N) is 1. The van der Waals surface area contributed by atoms with E-state index in [9.17, 15) is 23.7 Å². The Morgan fingerprint density at radius 1 is 1.50 bits per heavy atom. The van der Waals surface area contributed by atoms with Crippen LogP contribution in [0.25, 0.3) is 0 Å². The molecule has 11 heteroatoms. The SMILES string of the molecule is Cc1cc([N+](=O)[O-])nn1CC(=O)Nc1ccc(OC(F)F)c(Cl)c1. The molecule has 1 amide bonds. The van der Waals surface area contributed by atoms with Crippen molar-refractivity contribution in [3.8, 4) is 5.75 Å². The van der Waals surface area contributed by atoms with Crippen LogP contribution in [0.5, 0.6) is 5.75 Å². The lowest BCUT2D eigenvalue weighted by Gasteiger charge is -2.09. The Balaban J connectivity index is 2.04. The van der Waals surface area contributed by atoms with E-state index in [4.69, 9.17) is 11.6 Å². The van der Waals surface area contributed by atoms with Crippen LogP contribution in [0.15, 0.2) is 24.3 Å². The maximum Gasteiger partial charge on any atom is 0.390 e. The second-order valence-corrected chi connectivity index (χ2v) is 5.04. The van der Waals surface area contributed by atoms with Gasteiger partial charge in [-0.2, -0.15) is 13.5 Å². The summed E-state index contributed by atoms with van der Waals surface area (Å²) in [6, 6.07) is 5.00. The molecule has 0 saturated carbocycles. The van der Waals surface area contributed by atoms with E-state index < -0.39 is 17.4 Å². The zero-order chi connectivity index (χ0) is 17.9. The molecule has 0 radical (unpaired) electrons. The first kappa shape index (κ1) is 17.6. The Kier molecular flexibility index (Phi) is 5.29. The molecule has 2 rings (SSSR count). The normalized spacial score (nSPS) is 10.7. The topological polar surface area (TPSA) is 99.3 Å². The van der Waals surface area contributed by atoms with Crippen LogP contribution in [0.4, 0.5) is 20.3 Å². The van der Waals surface area contributed by atoms with Gasteiger partial charge in [-0.1, -0.05) is 11.6 Å². The molecule has 0 saturated heterocycles. The number of aromatic nitrogens is 2. The third-order valence-electron chi connectivity index (χ3n) is 2.88. The number of carbonyl (C=O) groups is 1. The number of carbonyl (C=O) groups excluding carboxylic acids is 1. The summed E-state index contributed by atoms with van der Waals surface area (Å²) in [6.07, 6.45) is 0. The monoisotopic (exact) mass is 360 g/mol. The second-order valence-electron chi connectivity index (χ2n) is 4.63. The minimum absolute atomic E-state index is 0.0981. The lowest BCUT2D eigenvalue weighted by molar-refractivity contribution is -0.389. The summed E-state index contributed by atoms with van der Waals surface area (Å²) < 4.78 is 29.6. The summed E-state index contributed by atoms with van der Waals surface area (Å²) in [6.45, 7) is -1.70. The predicted octanol–water partition coefficient (Wildman–Crippen LogP) is 2.99. The fourth-order valence-electron chi connectivity index (χ4n) is 1.85. The molecule has 1 aromatic carbocycles. The van der Waals surface area contributed by atoms with Gasteiger partial charge in [0.25, 0.3) is 0 Å². The van der Waals surface area contributed by atoms with E-state index in [0.29, 0.717) is 5.69 Å². The quantitative estimate of drug-likeness (QED) is 0.630. The summed E-state index contributed by atoms with van der Waals surface area (Å²) in [5.41, 5.74) is 0.696. The summed E-state index contributed by atoms with van der Waals surface area (Å²) in [7, 11) is 0. The van der Waals surface area contributed by atoms with Gasteiger partial charge in [0.15, 0.2) is 0 Å². The number of anilines is 1. The number of halogens is 3. The molecule has 0 spiro atoms. The van der Waals surface area contributed by atoms with Crippen molar-refractivity contribution in [2.75, 3.05) is 5.32 Å². The molecule has 8 nitrogen and oxygen atoms in total. The van der Waals surface area contributed by atoms with E-state index in [1.807, 2.05) is 0 Å². The maximum atomic E-state index is 12.1. The molecule has 0 atom stereocenters. The number of hydrogen-bond acceptors (Lipinski definition) is 5. The van der Waals surface area contributed by atoms with Crippen LogP contribution in [0, 0.1) is 17.0 Å². The number of amides is 1. The first-order valence-corrected chi connectivity index (χ1v) is 6.87. The summed E-state index contributed by atoms with van der Waals surface area (Å²) >= 11 is 5.78. The van der Waals surface area contributed by atoms with E-state index in [1.54, 1.807) is 6.92 Å². The Hall–Kier alpha value is -2.75. The molecule has 0 aliphatic rings. The zero-order valence-electron chi connectivity index (χ0n) is 12.2. The number of nitro groups is 1. The van der Waals surface area contributed by atoms with Crippen LogP contribution in [-0.2, 0) is 11.3 Å². The molecule has 1 N–H and O–H groups in total. The van der Waals surface area contributed by atoms with E-state index >= 15 is 0 Å². The highest BCUT2D eigenvalue weighted by Gasteiger charge is 2.18. The summed E-state index contributed by atoms with van der Waals surface area (Å²) in [5.74, 6) is -1.10. The number of nitrogens with zero attached hydrogens (tertiary/aromatic N) is 3. The minimum atomic E-state index is -3.01. The lowest BCUT2D eigenvalue weighted by atomic mass is 10.3. The van der Waals surface area contributed by atoms with Gasteiger partial charge in [0.05, 0.1) is 21.9 Å². The fraction of sp³-hybridized carbons (Fsp3) is 0.231. The van der Waals surface area contributed by atoms with E-state index in [1.165, 1.54) is 28.9 Å². The highest BCUT2D eigenvalue weighted by molar-refractivity contribution is 6.32. The predicted molar refractivity (Wildman–Crippen MR) is 80.3 cm³/mol. The molecule has 128 valence electrons. The number of rotatable bonds is 6. The second kappa shape index (κ2) is 7.21. The highest BCUT2D eigenvalue weighted by Crippen LogP contribution is 2.28. The Labute approximate surface area is 139 Å². The van der Waals surface area contributed by atoms with Gasteiger partial charge >= 0.3 is 12.4 Å². The number of hydrogen-bond donors (Lipinski definition) is 1. The molecule has 0 fully saturated rings. The van der Waals surface area contributed by atoms with E-state index in [-0.39, 0.29) is 28.8 Å². The van der Waals surface area contributed by atoms with Crippen molar-refractivity contribution in [3.05, 3.63) is 45.1 Å². The molecule has 24 heavy (non-hydrogen) atoms. The van der Waals surface area contributed by atoms with Crippen LogP contribution in [-0.4, -0.2) is 27.2 Å². The highest BCUT2D eigenvalue weighted by atomic mass is 35.5. The minimum Gasteiger partial charge on any atom is -0.433 e. The number of benzene rings is 1. The summed E-state index contributed by atoms with van der Waals surface area (Å²) in [5, 5.41) is 16.7. The first-order valence-electron chi connectivity index (χ1n) is 6.49. The van der Waals surface area contributed by atoms with Crippen LogP contribution in [0.1, 0.15) is 5.69 Å². The molecule has 0 unspecified atom stereocenters. The number of alkyl halides is 2. The average molecular weight is 361 g/mol. The van der Waals surface area contributed by atoms with Gasteiger partial charge in [0.1, 0.15) is 12.3 Å². The van der Waals surface area contributed by atoms with Crippen molar-refractivity contribution in [1.82, 2.24) is 9.78 Å². The first-order chi connectivity index (χ1) is 11.3. The van der Waals surface area contributed by atoms with Crippen LogP contribution >= 0.6 is 11.6 Å². The molecule has 0 bridgehead atoms. The van der Waals surface area contributed by atoms with Gasteiger partial charge in [0, 0.05) is 5.69 Å². The van der Waals surface area contributed by atoms with Gasteiger partial charge in [-0.15, -0.1) is 0 Å². The van der Waals surface area contributed by atoms with Gasteiger partial charge in [0.2, 0.25) is 5.91 Å². The van der Waals surface area contributed by atoms with E-state index in [0.717, 1.165) is 0 Å². The molecule has 0 aliphatic carbocycles. The Morgan fingerprint density at radius 3 is 2.75 bits per heavy atom. The third-order valence-corrected chi connectivity index (χ3v) is 3.18. The van der Waals surface area contributed by atoms with Crippen molar-refractivity contribution in [2.45, 2.75) is 20.1 Å². The standard InChI is InChI=1S/C13H11ClF2N4O4/c1-7-4-11(20(22)23)18-19(7)6-12(21)17-8-2-3-10(9(14)5-8)24-13(15)16/h2-5,13H,6H2,1H3,(H,17,21). The van der Waals surface area contributed by atoms with Gasteiger partial charge in [-0.3, -0.25) is 4.79 Å². The van der Waals surface area contributed by atoms with Gasteiger partial charge in [-0.25, -0.2) is 0 Å². The van der Waals surface area contributed by atoms with Gasteiger partial charge < -0.3 is 20.2 Å². The van der Waals surface area contributed by atoms with Crippen molar-refractivity contribution in [1.29, 1.82) is 0 Å². The van der Waals surface area contributed by atoms with Crippen LogP contribution in [0.3, 0.4) is 0 Å². The van der Waals surface area contributed by atoms with Gasteiger partial charge in [-0.05, 0) is 30.0 Å². The Morgan fingerprint density at radius 2 is 2.21 bits per heavy atom. The smallest absolute Gasteiger partial charge is 0.390 e. The maximum absolute atomic E-state index is 12.1. The average Bonchev–Trinajstić information content (AvgIpc) is 2.83. The van der Waals surface area contributed by atoms with Crippen LogP contribution in [0.2, 0.25) is 5.02 Å². The third kappa shape index (κ3) is 4.38. The van der Waals surface area contributed by atoms with Crippen molar-refractivity contribution < 1.29 is 23.2 Å². The van der Waals surface area contributed by atoms with Crippen molar-refractivity contribution in [2.24, 2.45) is 0 Å². The molecule has 1 heterocycles.